The Hall–Kier alpha value is -2.55. The van der Waals surface area contributed by atoms with Crippen LogP contribution in [-0.2, 0) is 0 Å². The number of nitrogens with zero attached hydrogens (tertiary/aromatic N) is 1. The van der Waals surface area contributed by atoms with Gasteiger partial charge in [-0.25, -0.2) is 4.39 Å². The summed E-state index contributed by atoms with van der Waals surface area (Å²) < 4.78 is 13.1. The Kier molecular flexibility index (Phi) is 2.80. The summed E-state index contributed by atoms with van der Waals surface area (Å²) in [4.78, 5) is 16.5. The van der Waals surface area contributed by atoms with Crippen LogP contribution in [0.15, 0.2) is 60.8 Å². The highest BCUT2D eigenvalue weighted by Gasteiger charge is 2.10. The molecule has 3 heteroatoms. The third-order valence-corrected chi connectivity index (χ3v) is 2.95. The molecule has 0 saturated heterocycles. The van der Waals surface area contributed by atoms with E-state index < -0.39 is 5.82 Å². The van der Waals surface area contributed by atoms with E-state index in [1.165, 1.54) is 18.2 Å². The van der Waals surface area contributed by atoms with Crippen LogP contribution >= 0.6 is 0 Å². The molecule has 0 amide bonds. The van der Waals surface area contributed by atoms with Gasteiger partial charge in [0, 0.05) is 22.7 Å². The summed E-state index contributed by atoms with van der Waals surface area (Å²) in [6, 6.07) is 14.7. The van der Waals surface area contributed by atoms with Gasteiger partial charge in [0.1, 0.15) is 5.82 Å². The Labute approximate surface area is 109 Å². The molecule has 92 valence electrons. The molecule has 0 unspecified atom stereocenters. The van der Waals surface area contributed by atoms with Gasteiger partial charge < -0.3 is 0 Å². The van der Waals surface area contributed by atoms with Crippen LogP contribution in [0.3, 0.4) is 0 Å². The maximum atomic E-state index is 13.1. The summed E-state index contributed by atoms with van der Waals surface area (Å²) in [5.41, 5.74) is 1.72. The van der Waals surface area contributed by atoms with E-state index in [2.05, 4.69) is 4.98 Å². The van der Waals surface area contributed by atoms with Gasteiger partial charge in [-0.15, -0.1) is 0 Å². The SMILES string of the molecule is O=C(c1cccc(F)c1)c1ccc2ncccc2c1. The zero-order valence-electron chi connectivity index (χ0n) is 10.0. The molecule has 2 aromatic carbocycles. The molecule has 0 radical (unpaired) electrons. The predicted octanol–water partition coefficient (Wildman–Crippen LogP) is 3.60. The number of ketones is 1. The van der Waals surface area contributed by atoms with Crippen molar-refractivity contribution >= 4 is 16.7 Å². The molecular weight excluding hydrogens is 241 g/mol. The Balaban J connectivity index is 2.06. The number of carbonyl (C=O) groups excluding carboxylic acids is 1. The van der Waals surface area contributed by atoms with Gasteiger partial charge in [0.05, 0.1) is 5.52 Å². The minimum atomic E-state index is -0.409. The molecule has 0 atom stereocenters. The molecule has 1 aromatic heterocycles. The van der Waals surface area contributed by atoms with E-state index in [9.17, 15) is 9.18 Å². The summed E-state index contributed by atoms with van der Waals surface area (Å²) in [6.07, 6.45) is 1.70. The van der Waals surface area contributed by atoms with Crippen molar-refractivity contribution < 1.29 is 9.18 Å². The van der Waals surface area contributed by atoms with Gasteiger partial charge in [-0.3, -0.25) is 9.78 Å². The van der Waals surface area contributed by atoms with Gasteiger partial charge in [0.25, 0.3) is 0 Å². The summed E-state index contributed by atoms with van der Waals surface area (Å²) >= 11 is 0. The number of aromatic nitrogens is 1. The minimum Gasteiger partial charge on any atom is -0.289 e. The maximum absolute atomic E-state index is 13.1. The van der Waals surface area contributed by atoms with Gasteiger partial charge >= 0.3 is 0 Å². The first-order valence-electron chi connectivity index (χ1n) is 5.89. The van der Waals surface area contributed by atoms with Crippen LogP contribution in [0.4, 0.5) is 4.39 Å². The molecule has 0 spiro atoms. The molecule has 19 heavy (non-hydrogen) atoms. The number of fused-ring (bicyclic) bond motifs is 1. The number of benzene rings is 2. The molecule has 0 N–H and O–H groups in total. The fraction of sp³-hybridized carbons (Fsp3) is 0. The van der Waals surface area contributed by atoms with Crippen molar-refractivity contribution in [2.75, 3.05) is 0 Å². The number of hydrogen-bond donors (Lipinski definition) is 0. The van der Waals surface area contributed by atoms with Crippen LogP contribution in [0.2, 0.25) is 0 Å². The topological polar surface area (TPSA) is 30.0 Å². The average Bonchev–Trinajstić information content (AvgIpc) is 2.46. The zero-order valence-corrected chi connectivity index (χ0v) is 10.0. The van der Waals surface area contributed by atoms with E-state index in [1.54, 1.807) is 30.5 Å². The van der Waals surface area contributed by atoms with Crippen molar-refractivity contribution in [3.05, 3.63) is 77.7 Å². The van der Waals surface area contributed by atoms with Crippen LogP contribution in [0.5, 0.6) is 0 Å². The molecule has 3 rings (SSSR count). The third kappa shape index (κ3) is 2.22. The third-order valence-electron chi connectivity index (χ3n) is 2.95. The molecule has 0 aliphatic heterocycles. The van der Waals surface area contributed by atoms with Gasteiger partial charge in [0.15, 0.2) is 5.78 Å². The van der Waals surface area contributed by atoms with Crippen molar-refractivity contribution in [3.8, 4) is 0 Å². The first-order chi connectivity index (χ1) is 9.24. The fourth-order valence-corrected chi connectivity index (χ4v) is 2.01. The molecule has 0 bridgehead atoms. The largest absolute Gasteiger partial charge is 0.289 e. The first kappa shape index (κ1) is 11.5. The van der Waals surface area contributed by atoms with Crippen molar-refractivity contribution in [2.24, 2.45) is 0 Å². The molecule has 1 heterocycles. The molecule has 0 saturated carbocycles. The van der Waals surface area contributed by atoms with Gasteiger partial charge in [-0.1, -0.05) is 18.2 Å². The molecule has 2 nitrogen and oxygen atoms in total. The normalized spacial score (nSPS) is 10.6. The van der Waals surface area contributed by atoms with Crippen LogP contribution in [0.1, 0.15) is 15.9 Å². The minimum absolute atomic E-state index is 0.190. The lowest BCUT2D eigenvalue weighted by Crippen LogP contribution is -2.01. The van der Waals surface area contributed by atoms with Gasteiger partial charge in [-0.05, 0) is 36.4 Å². The van der Waals surface area contributed by atoms with Gasteiger partial charge in [-0.2, -0.15) is 0 Å². The smallest absolute Gasteiger partial charge is 0.193 e. The summed E-state index contributed by atoms with van der Waals surface area (Å²) in [6.45, 7) is 0. The maximum Gasteiger partial charge on any atom is 0.193 e. The van der Waals surface area contributed by atoms with Crippen molar-refractivity contribution in [3.63, 3.8) is 0 Å². The highest BCUT2D eigenvalue weighted by atomic mass is 19.1. The Morgan fingerprint density at radius 3 is 2.63 bits per heavy atom. The second kappa shape index (κ2) is 4.61. The Morgan fingerprint density at radius 1 is 0.947 bits per heavy atom. The molecule has 0 fully saturated rings. The molecular formula is C16H10FNO. The average molecular weight is 251 g/mol. The number of hydrogen-bond acceptors (Lipinski definition) is 2. The van der Waals surface area contributed by atoms with E-state index in [1.807, 2.05) is 12.1 Å². The quantitative estimate of drug-likeness (QED) is 0.651. The van der Waals surface area contributed by atoms with Crippen LogP contribution in [0, 0.1) is 5.82 Å². The lowest BCUT2D eigenvalue weighted by molar-refractivity contribution is 0.103. The molecule has 0 aliphatic rings. The number of pyridine rings is 1. The lowest BCUT2D eigenvalue weighted by atomic mass is 10.0. The monoisotopic (exact) mass is 251 g/mol. The highest BCUT2D eigenvalue weighted by Crippen LogP contribution is 2.17. The van der Waals surface area contributed by atoms with Crippen LogP contribution in [-0.4, -0.2) is 10.8 Å². The standard InChI is InChI=1S/C16H10FNO/c17-14-5-1-3-12(10-14)16(19)13-6-7-15-11(9-13)4-2-8-18-15/h1-10H. The lowest BCUT2D eigenvalue weighted by Gasteiger charge is -2.03. The predicted molar refractivity (Wildman–Crippen MR) is 71.6 cm³/mol. The zero-order chi connectivity index (χ0) is 13.2. The number of rotatable bonds is 2. The molecule has 0 aliphatic carbocycles. The van der Waals surface area contributed by atoms with Crippen molar-refractivity contribution in [1.82, 2.24) is 4.98 Å². The van der Waals surface area contributed by atoms with Crippen molar-refractivity contribution in [2.45, 2.75) is 0 Å². The Morgan fingerprint density at radius 2 is 1.79 bits per heavy atom. The second-order valence-electron chi connectivity index (χ2n) is 4.25. The number of halogens is 1. The Bertz CT molecular complexity index is 767. The number of carbonyl (C=O) groups is 1. The van der Waals surface area contributed by atoms with E-state index in [0.717, 1.165) is 10.9 Å². The van der Waals surface area contributed by atoms with E-state index in [4.69, 9.17) is 0 Å². The summed E-state index contributed by atoms with van der Waals surface area (Å²) in [5, 5.41) is 0.893. The molecule has 3 aromatic rings. The van der Waals surface area contributed by atoms with Crippen LogP contribution < -0.4 is 0 Å². The van der Waals surface area contributed by atoms with Gasteiger partial charge in [0.2, 0.25) is 0 Å². The highest BCUT2D eigenvalue weighted by molar-refractivity contribution is 6.10. The van der Waals surface area contributed by atoms with E-state index >= 15 is 0 Å². The van der Waals surface area contributed by atoms with Crippen molar-refractivity contribution in [1.29, 1.82) is 0 Å². The first-order valence-corrected chi connectivity index (χ1v) is 5.89. The summed E-state index contributed by atoms with van der Waals surface area (Å²) in [5.74, 6) is -0.599. The summed E-state index contributed by atoms with van der Waals surface area (Å²) in [7, 11) is 0. The fourth-order valence-electron chi connectivity index (χ4n) is 2.01. The van der Waals surface area contributed by atoms with E-state index in [0.29, 0.717) is 11.1 Å². The second-order valence-corrected chi connectivity index (χ2v) is 4.25. The van der Waals surface area contributed by atoms with E-state index in [-0.39, 0.29) is 5.78 Å². The van der Waals surface area contributed by atoms with Crippen LogP contribution in [0.25, 0.3) is 10.9 Å².